The van der Waals surface area contributed by atoms with Gasteiger partial charge < -0.3 is 5.11 Å². The Labute approximate surface area is 116 Å². The number of nitrogens with zero attached hydrogens (tertiary/aromatic N) is 1. The normalized spacial score (nSPS) is 13.4. The lowest BCUT2D eigenvalue weighted by Crippen LogP contribution is -2.41. The van der Waals surface area contributed by atoms with E-state index in [4.69, 9.17) is 5.11 Å². The van der Waals surface area contributed by atoms with Crippen molar-refractivity contribution in [3.05, 3.63) is 11.4 Å². The van der Waals surface area contributed by atoms with Crippen LogP contribution in [0.15, 0.2) is 4.90 Å². The summed E-state index contributed by atoms with van der Waals surface area (Å²) in [5.41, 5.74) is 0.706. The summed E-state index contributed by atoms with van der Waals surface area (Å²) in [5.74, 6) is -0.625. The van der Waals surface area contributed by atoms with Crippen LogP contribution in [-0.4, -0.2) is 47.7 Å². The van der Waals surface area contributed by atoms with Crippen molar-refractivity contribution in [1.82, 2.24) is 14.9 Å². The lowest BCUT2D eigenvalue weighted by molar-refractivity contribution is -0.139. The van der Waals surface area contributed by atoms with Crippen LogP contribution in [0.5, 0.6) is 0 Å². The lowest BCUT2D eigenvalue weighted by atomic mass is 10.2. The Morgan fingerprint density at radius 3 is 2.58 bits per heavy atom. The summed E-state index contributed by atoms with van der Waals surface area (Å²) in [5, 5.41) is 15.4. The largest absolute Gasteiger partial charge is 0.480 e. The molecule has 1 aromatic heterocycles. The van der Waals surface area contributed by atoms with Crippen molar-refractivity contribution in [2.45, 2.75) is 31.2 Å². The Hall–Kier alpha value is -1.06. The van der Waals surface area contributed by atoms with E-state index in [1.165, 1.54) is 11.8 Å². The molecule has 19 heavy (non-hydrogen) atoms. The molecule has 1 heterocycles. The number of hydrogen-bond donors (Lipinski definition) is 3. The molecule has 0 aliphatic rings. The predicted molar refractivity (Wildman–Crippen MR) is 72.8 cm³/mol. The summed E-state index contributed by atoms with van der Waals surface area (Å²) in [6, 6.07) is -1.13. The minimum Gasteiger partial charge on any atom is -0.480 e. The van der Waals surface area contributed by atoms with E-state index in [-0.39, 0.29) is 11.3 Å². The molecule has 1 atom stereocenters. The molecule has 0 saturated carbocycles. The number of rotatable bonds is 7. The number of thioether (sulfide) groups is 1. The molecule has 0 spiro atoms. The molecule has 0 saturated heterocycles. The molecule has 108 valence electrons. The second-order valence-corrected chi connectivity index (χ2v) is 6.69. The molecule has 0 radical (unpaired) electrons. The van der Waals surface area contributed by atoms with Crippen molar-refractivity contribution in [3.8, 4) is 0 Å². The van der Waals surface area contributed by atoms with Crippen LogP contribution in [0.25, 0.3) is 0 Å². The number of aromatic nitrogens is 2. The molecule has 1 rings (SSSR count). The fourth-order valence-corrected chi connectivity index (χ4v) is 3.72. The summed E-state index contributed by atoms with van der Waals surface area (Å²) in [6.45, 7) is 3.13. The van der Waals surface area contributed by atoms with Crippen LogP contribution < -0.4 is 4.72 Å². The lowest BCUT2D eigenvalue weighted by Gasteiger charge is -2.14. The summed E-state index contributed by atoms with van der Waals surface area (Å²) in [6.07, 6.45) is 2.06. The number of aliphatic carboxylic acids is 1. The Morgan fingerprint density at radius 2 is 2.16 bits per heavy atom. The molecule has 0 unspecified atom stereocenters. The van der Waals surface area contributed by atoms with E-state index in [1.54, 1.807) is 13.8 Å². The van der Waals surface area contributed by atoms with Gasteiger partial charge in [-0.15, -0.1) is 0 Å². The highest BCUT2D eigenvalue weighted by molar-refractivity contribution is 7.98. The van der Waals surface area contributed by atoms with E-state index in [1.807, 2.05) is 6.26 Å². The van der Waals surface area contributed by atoms with Gasteiger partial charge >= 0.3 is 5.97 Å². The Kier molecular flexibility index (Phi) is 5.39. The monoisotopic (exact) mass is 307 g/mol. The second-order valence-electron chi connectivity index (χ2n) is 4.06. The van der Waals surface area contributed by atoms with Crippen LogP contribution in [0.2, 0.25) is 0 Å². The summed E-state index contributed by atoms with van der Waals surface area (Å²) >= 11 is 1.46. The number of carboxylic acids is 1. The van der Waals surface area contributed by atoms with Crippen molar-refractivity contribution < 1.29 is 18.3 Å². The maximum atomic E-state index is 12.2. The standard InChI is InChI=1S/C10H17N3O4S2/c1-6-9(7(2)12-11-6)19(16,17)13-8(10(14)15)4-5-18-3/h8,13H,4-5H2,1-3H3,(H,11,12)(H,14,15)/t8-/m0/s1. The molecule has 0 aliphatic heterocycles. The van der Waals surface area contributed by atoms with Gasteiger partial charge in [-0.2, -0.15) is 21.6 Å². The highest BCUT2D eigenvalue weighted by Gasteiger charge is 2.28. The average Bonchev–Trinajstić information content (AvgIpc) is 2.64. The quantitative estimate of drug-likeness (QED) is 0.676. The first-order valence-electron chi connectivity index (χ1n) is 5.55. The third-order valence-corrected chi connectivity index (χ3v) is 4.91. The van der Waals surface area contributed by atoms with Crippen molar-refractivity contribution >= 4 is 27.8 Å². The highest BCUT2D eigenvalue weighted by atomic mass is 32.2. The minimum atomic E-state index is -3.89. The first kappa shape index (κ1) is 16.0. The van der Waals surface area contributed by atoms with Gasteiger partial charge in [-0.3, -0.25) is 9.89 Å². The van der Waals surface area contributed by atoms with Gasteiger partial charge in [-0.25, -0.2) is 8.42 Å². The molecule has 0 amide bonds. The number of aryl methyl sites for hydroxylation is 2. The fourth-order valence-electron chi connectivity index (χ4n) is 1.65. The molecule has 7 nitrogen and oxygen atoms in total. The average molecular weight is 307 g/mol. The third-order valence-electron chi connectivity index (χ3n) is 2.54. The number of carboxylic acid groups (broad SMARTS) is 1. The number of H-pyrrole nitrogens is 1. The molecule has 1 aromatic rings. The molecule has 0 aromatic carbocycles. The van der Waals surface area contributed by atoms with Crippen LogP contribution in [0.3, 0.4) is 0 Å². The summed E-state index contributed by atoms with van der Waals surface area (Å²) in [4.78, 5) is 11.1. The number of sulfonamides is 1. The van der Waals surface area contributed by atoms with E-state index < -0.39 is 22.0 Å². The SMILES string of the molecule is CSCC[C@H](NS(=O)(=O)c1c(C)n[nH]c1C)C(=O)O. The first-order chi connectivity index (χ1) is 8.79. The van der Waals surface area contributed by atoms with Crippen molar-refractivity contribution in [1.29, 1.82) is 0 Å². The zero-order valence-electron chi connectivity index (χ0n) is 10.9. The topological polar surface area (TPSA) is 112 Å². The van der Waals surface area contributed by atoms with Crippen LogP contribution in [-0.2, 0) is 14.8 Å². The maximum absolute atomic E-state index is 12.2. The van der Waals surface area contributed by atoms with Crippen LogP contribution >= 0.6 is 11.8 Å². The van der Waals surface area contributed by atoms with Crippen molar-refractivity contribution in [2.75, 3.05) is 12.0 Å². The first-order valence-corrected chi connectivity index (χ1v) is 8.43. The molecular formula is C10H17N3O4S2. The molecule has 0 bridgehead atoms. The van der Waals surface area contributed by atoms with Crippen molar-refractivity contribution in [2.24, 2.45) is 0 Å². The van der Waals surface area contributed by atoms with Gasteiger partial charge in [0.05, 0.1) is 11.4 Å². The van der Waals surface area contributed by atoms with Gasteiger partial charge in [0.2, 0.25) is 10.0 Å². The highest BCUT2D eigenvalue weighted by Crippen LogP contribution is 2.17. The van der Waals surface area contributed by atoms with Crippen molar-refractivity contribution in [3.63, 3.8) is 0 Å². The van der Waals surface area contributed by atoms with E-state index >= 15 is 0 Å². The second kappa shape index (κ2) is 6.40. The number of nitrogens with one attached hydrogen (secondary N) is 2. The Bertz CT molecular complexity index is 534. The van der Waals surface area contributed by atoms with Gasteiger partial charge in [0.15, 0.2) is 0 Å². The molecule has 0 fully saturated rings. The van der Waals surface area contributed by atoms with Gasteiger partial charge in [0, 0.05) is 0 Å². The van der Waals surface area contributed by atoms with E-state index in [9.17, 15) is 13.2 Å². The van der Waals surface area contributed by atoms with E-state index in [0.717, 1.165) is 0 Å². The predicted octanol–water partition coefficient (Wildman–Crippen LogP) is 0.511. The number of hydrogen-bond acceptors (Lipinski definition) is 5. The Balaban J connectivity index is 2.98. The van der Waals surface area contributed by atoms with Crippen LogP contribution in [0.1, 0.15) is 17.8 Å². The molecule has 9 heteroatoms. The fraction of sp³-hybridized carbons (Fsp3) is 0.600. The van der Waals surface area contributed by atoms with Gasteiger partial charge in [-0.1, -0.05) is 0 Å². The molecule has 0 aliphatic carbocycles. The molecular weight excluding hydrogens is 290 g/mol. The van der Waals surface area contributed by atoms with E-state index in [0.29, 0.717) is 17.1 Å². The zero-order valence-corrected chi connectivity index (χ0v) is 12.6. The Morgan fingerprint density at radius 1 is 1.53 bits per heavy atom. The van der Waals surface area contributed by atoms with Gasteiger partial charge in [-0.05, 0) is 32.3 Å². The molecule has 3 N–H and O–H groups in total. The maximum Gasteiger partial charge on any atom is 0.321 e. The van der Waals surface area contributed by atoms with Crippen LogP contribution in [0, 0.1) is 13.8 Å². The van der Waals surface area contributed by atoms with Crippen LogP contribution in [0.4, 0.5) is 0 Å². The van der Waals surface area contributed by atoms with Gasteiger partial charge in [0.1, 0.15) is 10.9 Å². The summed E-state index contributed by atoms with van der Waals surface area (Å²) in [7, 11) is -3.89. The minimum absolute atomic E-state index is 0.0166. The smallest absolute Gasteiger partial charge is 0.321 e. The zero-order chi connectivity index (χ0) is 14.6. The number of carbonyl (C=O) groups is 1. The number of aromatic amines is 1. The van der Waals surface area contributed by atoms with E-state index in [2.05, 4.69) is 14.9 Å². The summed E-state index contributed by atoms with van der Waals surface area (Å²) < 4.78 is 26.6. The van der Waals surface area contributed by atoms with Gasteiger partial charge in [0.25, 0.3) is 0 Å². The third kappa shape index (κ3) is 3.95.